The lowest BCUT2D eigenvalue weighted by atomic mass is 9.81. The molecule has 0 amide bonds. The van der Waals surface area contributed by atoms with Gasteiger partial charge in [0.15, 0.2) is 0 Å². The van der Waals surface area contributed by atoms with E-state index in [0.717, 1.165) is 36.2 Å². The monoisotopic (exact) mass is 413 g/mol. The highest BCUT2D eigenvalue weighted by Crippen LogP contribution is 2.43. The minimum atomic E-state index is -0.204. The van der Waals surface area contributed by atoms with Crippen LogP contribution in [-0.4, -0.2) is 4.98 Å². The van der Waals surface area contributed by atoms with E-state index in [9.17, 15) is 4.39 Å². The molecule has 31 heavy (non-hydrogen) atoms. The molecule has 4 rings (SSSR count). The van der Waals surface area contributed by atoms with Gasteiger partial charge in [0, 0.05) is 16.5 Å². The fourth-order valence-electron chi connectivity index (χ4n) is 4.50. The molecule has 0 atom stereocenters. The fraction of sp³-hybridized carbons (Fsp3) is 0.345. The van der Waals surface area contributed by atoms with Crippen molar-refractivity contribution in [2.24, 2.45) is 5.92 Å². The van der Waals surface area contributed by atoms with Crippen LogP contribution in [-0.2, 0) is 18.3 Å². The molecule has 0 unspecified atom stereocenters. The van der Waals surface area contributed by atoms with Gasteiger partial charge in [-0.1, -0.05) is 83.2 Å². The largest absolute Gasteiger partial charge is 0.251 e. The highest BCUT2D eigenvalue weighted by molar-refractivity contribution is 5.86. The first-order valence-corrected chi connectivity index (χ1v) is 11.4. The number of fused-ring (bicyclic) bond motifs is 3. The van der Waals surface area contributed by atoms with Crippen molar-refractivity contribution in [1.29, 1.82) is 0 Å². The third kappa shape index (κ3) is 4.35. The van der Waals surface area contributed by atoms with Gasteiger partial charge in [-0.05, 0) is 59.6 Å². The minimum Gasteiger partial charge on any atom is -0.251 e. The van der Waals surface area contributed by atoms with Crippen molar-refractivity contribution in [2.75, 3.05) is 0 Å². The number of pyridine rings is 1. The number of aryl methyl sites for hydroxylation is 1. The molecule has 1 nitrogen and oxygen atoms in total. The summed E-state index contributed by atoms with van der Waals surface area (Å²) in [6, 6.07) is 15.6. The molecular weight excluding hydrogens is 381 g/mol. The standard InChI is InChI=1S/C29H32FN/c1-19(2)13-18-25-26(21-14-16-22(30)17-15-21)24-12-8-10-20-9-6-7-11-23(20)27(24)31-28(25)29(3,4)5/h6-7,9,11,13-19H,8,10,12H2,1-5H3/b18-13+. The number of aromatic nitrogens is 1. The summed E-state index contributed by atoms with van der Waals surface area (Å²) in [6.45, 7) is 11.1. The molecule has 0 aliphatic heterocycles. The number of nitrogens with zero attached hydrogens (tertiary/aromatic N) is 1. The van der Waals surface area contributed by atoms with Gasteiger partial charge in [-0.2, -0.15) is 0 Å². The maximum Gasteiger partial charge on any atom is 0.123 e. The predicted octanol–water partition coefficient (Wildman–Crippen LogP) is 8.01. The summed E-state index contributed by atoms with van der Waals surface area (Å²) >= 11 is 0. The Bertz CT molecular complexity index is 1110. The van der Waals surface area contributed by atoms with E-state index in [1.54, 1.807) is 12.1 Å². The molecule has 0 fully saturated rings. The Kier molecular flexibility index (Phi) is 5.83. The van der Waals surface area contributed by atoms with E-state index in [1.807, 2.05) is 12.1 Å². The van der Waals surface area contributed by atoms with Gasteiger partial charge >= 0.3 is 0 Å². The summed E-state index contributed by atoms with van der Waals surface area (Å²) < 4.78 is 13.8. The second-order valence-corrected chi connectivity index (χ2v) is 9.95. The van der Waals surface area contributed by atoms with Crippen molar-refractivity contribution in [3.8, 4) is 22.4 Å². The van der Waals surface area contributed by atoms with E-state index < -0.39 is 0 Å². The lowest BCUT2D eigenvalue weighted by molar-refractivity contribution is 0.568. The number of hydrogen-bond acceptors (Lipinski definition) is 1. The fourth-order valence-corrected chi connectivity index (χ4v) is 4.50. The van der Waals surface area contributed by atoms with E-state index >= 15 is 0 Å². The zero-order valence-corrected chi connectivity index (χ0v) is 19.3. The molecule has 0 radical (unpaired) electrons. The van der Waals surface area contributed by atoms with E-state index in [2.05, 4.69) is 71.0 Å². The van der Waals surface area contributed by atoms with Crippen molar-refractivity contribution >= 4 is 6.08 Å². The Labute approximate surface area is 186 Å². The zero-order chi connectivity index (χ0) is 22.2. The second kappa shape index (κ2) is 8.42. The summed E-state index contributed by atoms with van der Waals surface area (Å²) in [7, 11) is 0. The summed E-state index contributed by atoms with van der Waals surface area (Å²) in [4.78, 5) is 5.34. The first kappa shape index (κ1) is 21.5. The first-order chi connectivity index (χ1) is 14.8. The van der Waals surface area contributed by atoms with E-state index in [4.69, 9.17) is 4.98 Å². The zero-order valence-electron chi connectivity index (χ0n) is 19.3. The van der Waals surface area contributed by atoms with Gasteiger partial charge < -0.3 is 0 Å². The first-order valence-electron chi connectivity index (χ1n) is 11.4. The SMILES string of the molecule is CC(C)/C=C/c1c(C(C)(C)C)nc2c(c1-c1ccc(F)cc1)CCCc1ccccc1-2. The highest BCUT2D eigenvalue weighted by Gasteiger charge is 2.28. The third-order valence-electron chi connectivity index (χ3n) is 5.97. The Morgan fingerprint density at radius 1 is 0.968 bits per heavy atom. The Balaban J connectivity index is 2.13. The summed E-state index contributed by atoms with van der Waals surface area (Å²) in [5.41, 5.74) is 9.41. The van der Waals surface area contributed by atoms with Crippen LogP contribution >= 0.6 is 0 Å². The molecule has 0 N–H and O–H groups in total. The average molecular weight is 414 g/mol. The normalized spacial score (nSPS) is 13.9. The number of rotatable bonds is 3. The van der Waals surface area contributed by atoms with Crippen LogP contribution in [0.4, 0.5) is 4.39 Å². The van der Waals surface area contributed by atoms with Crippen LogP contribution in [0.3, 0.4) is 0 Å². The van der Waals surface area contributed by atoms with Crippen LogP contribution in [0.15, 0.2) is 54.6 Å². The van der Waals surface area contributed by atoms with Gasteiger partial charge in [0.2, 0.25) is 0 Å². The topological polar surface area (TPSA) is 12.9 Å². The minimum absolute atomic E-state index is 0.123. The van der Waals surface area contributed by atoms with E-state index in [0.29, 0.717) is 5.92 Å². The number of halogens is 1. The molecule has 2 heteroatoms. The Morgan fingerprint density at radius 3 is 2.35 bits per heavy atom. The van der Waals surface area contributed by atoms with Gasteiger partial charge in [0.05, 0.1) is 11.4 Å². The molecule has 1 aromatic heterocycles. The lowest BCUT2D eigenvalue weighted by Crippen LogP contribution is -2.18. The third-order valence-corrected chi connectivity index (χ3v) is 5.97. The molecule has 2 aromatic carbocycles. The van der Waals surface area contributed by atoms with Gasteiger partial charge in [-0.25, -0.2) is 4.39 Å². The second-order valence-electron chi connectivity index (χ2n) is 9.95. The molecule has 1 aliphatic rings. The van der Waals surface area contributed by atoms with Crippen molar-refractivity contribution in [1.82, 2.24) is 4.98 Å². The summed E-state index contributed by atoms with van der Waals surface area (Å²) in [6.07, 6.45) is 7.60. The molecule has 160 valence electrons. The van der Waals surface area contributed by atoms with Gasteiger partial charge in [-0.15, -0.1) is 0 Å². The highest BCUT2D eigenvalue weighted by atomic mass is 19.1. The maximum absolute atomic E-state index is 13.8. The Morgan fingerprint density at radius 2 is 1.68 bits per heavy atom. The molecular formula is C29H32FN. The van der Waals surface area contributed by atoms with Crippen LogP contribution in [0.2, 0.25) is 0 Å². The lowest BCUT2D eigenvalue weighted by Gasteiger charge is -2.27. The van der Waals surface area contributed by atoms with E-state index in [-0.39, 0.29) is 11.2 Å². The predicted molar refractivity (Wildman–Crippen MR) is 130 cm³/mol. The maximum atomic E-state index is 13.8. The molecule has 3 aromatic rings. The van der Waals surface area contributed by atoms with Crippen molar-refractivity contribution in [3.63, 3.8) is 0 Å². The van der Waals surface area contributed by atoms with Crippen molar-refractivity contribution in [2.45, 2.75) is 59.3 Å². The Hall–Kier alpha value is -2.74. The van der Waals surface area contributed by atoms with E-state index in [1.165, 1.54) is 27.8 Å². The van der Waals surface area contributed by atoms with Crippen LogP contribution in [0, 0.1) is 11.7 Å². The van der Waals surface area contributed by atoms with Gasteiger partial charge in [0.25, 0.3) is 0 Å². The van der Waals surface area contributed by atoms with Crippen LogP contribution < -0.4 is 0 Å². The van der Waals surface area contributed by atoms with Gasteiger partial charge in [-0.3, -0.25) is 4.98 Å². The quantitative estimate of drug-likeness (QED) is 0.424. The summed E-state index contributed by atoms with van der Waals surface area (Å²) in [5.74, 6) is 0.234. The van der Waals surface area contributed by atoms with Gasteiger partial charge in [0.1, 0.15) is 5.82 Å². The van der Waals surface area contributed by atoms with Crippen molar-refractivity contribution in [3.05, 3.63) is 82.8 Å². The smallest absolute Gasteiger partial charge is 0.123 e. The van der Waals surface area contributed by atoms with Crippen molar-refractivity contribution < 1.29 is 4.39 Å². The molecule has 0 saturated heterocycles. The van der Waals surface area contributed by atoms with Crippen LogP contribution in [0.25, 0.3) is 28.5 Å². The number of benzene rings is 2. The molecule has 1 heterocycles. The molecule has 0 saturated carbocycles. The van der Waals surface area contributed by atoms with Crippen LogP contribution in [0.1, 0.15) is 63.4 Å². The van der Waals surface area contributed by atoms with Crippen LogP contribution in [0.5, 0.6) is 0 Å². The molecule has 1 aliphatic carbocycles. The summed E-state index contributed by atoms with van der Waals surface area (Å²) in [5, 5.41) is 0. The number of hydrogen-bond donors (Lipinski definition) is 0. The molecule has 0 bridgehead atoms. The molecule has 0 spiro atoms. The average Bonchev–Trinajstić information content (AvgIpc) is 2.90. The number of allylic oxidation sites excluding steroid dienone is 1.